The van der Waals surface area contributed by atoms with Crippen LogP contribution in [0.3, 0.4) is 0 Å². The Labute approximate surface area is 113 Å². The monoisotopic (exact) mass is 278 g/mol. The first-order chi connectivity index (χ1) is 7.57. The number of hydrogen-bond donors (Lipinski definition) is 2. The largest absolute Gasteiger partial charge is 0.365 e. The molecule has 1 aliphatic rings. The molecule has 17 heavy (non-hydrogen) atoms. The highest BCUT2D eigenvalue weighted by Crippen LogP contribution is 2.27. The zero-order valence-electron chi connectivity index (χ0n) is 10.9. The molecule has 0 aromatic carbocycles. The van der Waals surface area contributed by atoms with Crippen molar-refractivity contribution in [3.8, 4) is 0 Å². The van der Waals surface area contributed by atoms with Gasteiger partial charge in [-0.1, -0.05) is 32.4 Å². The quantitative estimate of drug-likeness (QED) is 0.779. The highest BCUT2D eigenvalue weighted by molar-refractivity contribution is 6.68. The smallest absolute Gasteiger partial charge is 0.156 e. The topological polar surface area (TPSA) is 39.7 Å². The van der Waals surface area contributed by atoms with Gasteiger partial charge in [-0.2, -0.15) is 0 Å². The van der Waals surface area contributed by atoms with Crippen molar-refractivity contribution < 1.29 is 0 Å². The Morgan fingerprint density at radius 3 is 2.41 bits per heavy atom. The second kappa shape index (κ2) is 4.94. The molecule has 1 rings (SSSR count). The Morgan fingerprint density at radius 1 is 1.35 bits per heavy atom. The zero-order chi connectivity index (χ0) is 13.3. The number of hydrazine groups is 1. The van der Waals surface area contributed by atoms with Gasteiger partial charge in [-0.25, -0.2) is 0 Å². The highest BCUT2D eigenvalue weighted by Gasteiger charge is 2.26. The second-order valence-corrected chi connectivity index (χ2v) is 6.81. The molecule has 0 saturated heterocycles. The average Bonchev–Trinajstić information content (AvgIpc) is 1.93. The number of hydrogen-bond acceptors (Lipinski definition) is 4. The van der Waals surface area contributed by atoms with Crippen LogP contribution in [0.2, 0.25) is 0 Å². The third kappa shape index (κ3) is 5.50. The molecule has 4 nitrogen and oxygen atoms in total. The fraction of sp³-hybridized carbons (Fsp3) is 0.727. The summed E-state index contributed by atoms with van der Waals surface area (Å²) in [5, 5.41) is 7.50. The molecule has 0 atom stereocenters. The molecule has 6 heteroatoms. The molecule has 0 fully saturated rings. The number of hydrazone groups is 1. The van der Waals surface area contributed by atoms with Crippen LogP contribution in [0, 0.1) is 5.41 Å². The molecular weight excluding hydrogens is 259 g/mol. The van der Waals surface area contributed by atoms with Gasteiger partial charge < -0.3 is 5.32 Å². The molecule has 0 aromatic rings. The van der Waals surface area contributed by atoms with Crippen LogP contribution in [0.4, 0.5) is 0 Å². The van der Waals surface area contributed by atoms with Crippen molar-refractivity contribution in [1.29, 1.82) is 0 Å². The van der Waals surface area contributed by atoms with Gasteiger partial charge in [0.25, 0.3) is 0 Å². The average molecular weight is 279 g/mol. The van der Waals surface area contributed by atoms with Crippen LogP contribution >= 0.6 is 23.4 Å². The van der Waals surface area contributed by atoms with Crippen molar-refractivity contribution in [3.63, 3.8) is 0 Å². The van der Waals surface area contributed by atoms with Crippen LogP contribution in [-0.2, 0) is 0 Å². The highest BCUT2D eigenvalue weighted by atomic mass is 35.5. The summed E-state index contributed by atoms with van der Waals surface area (Å²) in [6.07, 6.45) is 2.72. The number of nitrogens with zero attached hydrogens (tertiary/aromatic N) is 2. The van der Waals surface area contributed by atoms with Gasteiger partial charge in [0.05, 0.1) is 11.8 Å². The van der Waals surface area contributed by atoms with Gasteiger partial charge in [-0.3, -0.25) is 5.43 Å². The third-order valence-electron chi connectivity index (χ3n) is 2.10. The molecular formula is C11H20Cl2N4. The molecule has 1 aliphatic heterocycles. The van der Waals surface area contributed by atoms with Crippen molar-refractivity contribution in [3.05, 3.63) is 11.9 Å². The standard InChI is InChI=1S/C11H20Cl2N4/c1-10(2,3)7-11(4,5)14-9-6-8(12)15-17(13)16-9/h6,14,16H,7H2,1-5H3. The summed E-state index contributed by atoms with van der Waals surface area (Å²) in [7, 11) is 0. The lowest BCUT2D eigenvalue weighted by molar-refractivity contribution is 0.241. The first-order valence-corrected chi connectivity index (χ1v) is 6.26. The molecule has 0 aliphatic carbocycles. The molecule has 0 saturated carbocycles. The fourth-order valence-corrected chi connectivity index (χ4v) is 2.58. The van der Waals surface area contributed by atoms with Gasteiger partial charge in [0.1, 0.15) is 5.82 Å². The Hall–Kier alpha value is -0.610. The van der Waals surface area contributed by atoms with Crippen LogP contribution < -0.4 is 10.7 Å². The minimum Gasteiger partial charge on any atom is -0.365 e. The first-order valence-electron chi connectivity index (χ1n) is 5.54. The normalized spacial score (nSPS) is 17.2. The summed E-state index contributed by atoms with van der Waals surface area (Å²) in [5.41, 5.74) is 3.04. The van der Waals surface area contributed by atoms with Crippen LogP contribution in [0.15, 0.2) is 17.0 Å². The molecule has 0 bridgehead atoms. The Morgan fingerprint density at radius 2 is 1.94 bits per heavy atom. The summed E-state index contributed by atoms with van der Waals surface area (Å²) in [4.78, 5) is 0. The Bertz CT molecular complexity index is 342. The van der Waals surface area contributed by atoms with E-state index < -0.39 is 0 Å². The van der Waals surface area contributed by atoms with E-state index in [0.29, 0.717) is 5.17 Å². The molecule has 0 spiro atoms. The maximum atomic E-state index is 5.84. The van der Waals surface area contributed by atoms with Gasteiger partial charge in [-0.05, 0) is 25.7 Å². The van der Waals surface area contributed by atoms with Crippen molar-refractivity contribution in [1.82, 2.24) is 15.4 Å². The Kier molecular flexibility index (Phi) is 4.20. The lowest BCUT2D eigenvalue weighted by atomic mass is 9.82. The lowest BCUT2D eigenvalue weighted by Gasteiger charge is -2.36. The second-order valence-electron chi connectivity index (χ2n) is 6.10. The number of halogens is 2. The third-order valence-corrected chi connectivity index (χ3v) is 2.45. The minimum atomic E-state index is -0.0661. The predicted octanol–water partition coefficient (Wildman–Crippen LogP) is 3.16. The van der Waals surface area contributed by atoms with E-state index in [2.05, 4.69) is 50.5 Å². The van der Waals surface area contributed by atoms with Gasteiger partial charge in [0, 0.05) is 11.6 Å². The van der Waals surface area contributed by atoms with E-state index in [1.807, 2.05) is 0 Å². The molecule has 2 N–H and O–H groups in total. The summed E-state index contributed by atoms with van der Waals surface area (Å²) < 4.78 is 1.07. The SMILES string of the molecule is CC(C)(C)CC(C)(C)NC1=CC(Cl)=NN(Cl)N1. The van der Waals surface area contributed by atoms with E-state index in [4.69, 9.17) is 23.4 Å². The number of allylic oxidation sites excluding steroid dienone is 1. The van der Waals surface area contributed by atoms with Crippen molar-refractivity contribution in [2.75, 3.05) is 0 Å². The van der Waals surface area contributed by atoms with Crippen LogP contribution in [0.25, 0.3) is 0 Å². The van der Waals surface area contributed by atoms with E-state index >= 15 is 0 Å². The summed E-state index contributed by atoms with van der Waals surface area (Å²) in [6.45, 7) is 10.9. The molecule has 0 unspecified atom stereocenters. The maximum absolute atomic E-state index is 5.84. The van der Waals surface area contributed by atoms with E-state index in [1.165, 1.54) is 0 Å². The van der Waals surface area contributed by atoms with Crippen LogP contribution in [-0.4, -0.2) is 15.3 Å². The molecule has 0 amide bonds. The van der Waals surface area contributed by atoms with Gasteiger partial charge >= 0.3 is 0 Å². The van der Waals surface area contributed by atoms with Crippen LogP contribution in [0.1, 0.15) is 41.0 Å². The maximum Gasteiger partial charge on any atom is 0.156 e. The van der Waals surface area contributed by atoms with E-state index in [1.54, 1.807) is 6.08 Å². The van der Waals surface area contributed by atoms with Crippen molar-refractivity contribution in [2.24, 2.45) is 10.5 Å². The first kappa shape index (κ1) is 14.5. The van der Waals surface area contributed by atoms with Gasteiger partial charge in [0.15, 0.2) is 5.17 Å². The minimum absolute atomic E-state index is 0.0661. The van der Waals surface area contributed by atoms with E-state index in [0.717, 1.165) is 16.9 Å². The van der Waals surface area contributed by atoms with Crippen LogP contribution in [0.5, 0.6) is 0 Å². The number of nitrogens with one attached hydrogen (secondary N) is 2. The Balaban J connectivity index is 2.68. The summed E-state index contributed by atoms with van der Waals surface area (Å²) >= 11 is 11.6. The molecule has 1 heterocycles. The fourth-order valence-electron chi connectivity index (χ4n) is 2.19. The lowest BCUT2D eigenvalue weighted by Crippen LogP contribution is -2.47. The summed E-state index contributed by atoms with van der Waals surface area (Å²) in [5.74, 6) is 0.745. The predicted molar refractivity (Wildman–Crippen MR) is 73.5 cm³/mol. The summed E-state index contributed by atoms with van der Waals surface area (Å²) in [6, 6.07) is 0. The van der Waals surface area contributed by atoms with Gasteiger partial charge in [-0.15, -0.1) is 9.74 Å². The molecule has 0 aromatic heterocycles. The number of rotatable bonds is 3. The van der Waals surface area contributed by atoms with E-state index in [9.17, 15) is 0 Å². The molecule has 0 radical (unpaired) electrons. The van der Waals surface area contributed by atoms with Crippen molar-refractivity contribution in [2.45, 2.75) is 46.6 Å². The van der Waals surface area contributed by atoms with E-state index in [-0.39, 0.29) is 11.0 Å². The van der Waals surface area contributed by atoms with Gasteiger partial charge in [0.2, 0.25) is 0 Å². The van der Waals surface area contributed by atoms with Crippen molar-refractivity contribution >= 4 is 28.5 Å². The molecule has 98 valence electrons. The zero-order valence-corrected chi connectivity index (χ0v) is 12.4.